The normalized spacial score (nSPS) is 10.7. The van der Waals surface area contributed by atoms with Crippen LogP contribution < -0.4 is 21.7 Å². The lowest BCUT2D eigenvalue weighted by Crippen LogP contribution is -2.32. The van der Waals surface area contributed by atoms with E-state index < -0.39 is 23.4 Å². The zero-order valence-corrected chi connectivity index (χ0v) is 38.0. The van der Waals surface area contributed by atoms with Crippen LogP contribution >= 0.6 is 24.2 Å². The predicted octanol–water partition coefficient (Wildman–Crippen LogP) is 9.76. The van der Waals surface area contributed by atoms with Crippen molar-refractivity contribution in [3.8, 4) is 22.5 Å². The van der Waals surface area contributed by atoms with Gasteiger partial charge in [-0.05, 0) is 134 Å². The molecule has 0 unspecified atom stereocenters. The third-order valence-electron chi connectivity index (χ3n) is 7.99. The lowest BCUT2D eigenvalue weighted by atomic mass is 10.0. The Morgan fingerprint density at radius 1 is 0.705 bits per heavy atom. The highest BCUT2D eigenvalue weighted by molar-refractivity contribution is 7.79. The fourth-order valence-electron chi connectivity index (χ4n) is 4.98. The van der Waals surface area contributed by atoms with Crippen molar-refractivity contribution in [3.63, 3.8) is 0 Å². The van der Waals surface area contributed by atoms with Gasteiger partial charge >= 0.3 is 12.2 Å². The predicted molar refractivity (Wildman–Crippen MR) is 241 cm³/mol. The summed E-state index contributed by atoms with van der Waals surface area (Å²) in [6.07, 6.45) is 7.08. The number of nitrogens with two attached hydrogens (primary N) is 1. The van der Waals surface area contributed by atoms with Crippen LogP contribution in [-0.4, -0.2) is 59.9 Å². The summed E-state index contributed by atoms with van der Waals surface area (Å²) >= 11 is 9.35. The Labute approximate surface area is 367 Å². The van der Waals surface area contributed by atoms with E-state index in [0.29, 0.717) is 24.7 Å². The van der Waals surface area contributed by atoms with Gasteiger partial charge in [-0.15, -0.1) is 0 Å². The van der Waals surface area contributed by atoms with Crippen molar-refractivity contribution in [3.05, 3.63) is 112 Å². The van der Waals surface area contributed by atoms with Crippen LogP contribution in [-0.2, 0) is 22.6 Å². The van der Waals surface area contributed by atoms with Crippen LogP contribution in [0.25, 0.3) is 22.5 Å². The molecular weight excluding hydrogens is 820 g/mol. The molecule has 16 nitrogen and oxygen atoms in total. The Balaban J connectivity index is 0.000000275. The maximum atomic E-state index is 11.9. The average molecular weight is 875 g/mol. The summed E-state index contributed by atoms with van der Waals surface area (Å²) in [6, 6.07) is 15.5. The molecule has 0 radical (unpaired) electrons. The molecule has 0 aliphatic carbocycles. The number of rotatable bonds is 8. The molecule has 0 aliphatic rings. The van der Waals surface area contributed by atoms with Crippen LogP contribution in [0.15, 0.2) is 82.5 Å². The zero-order valence-electron chi connectivity index (χ0n) is 36.4. The van der Waals surface area contributed by atoms with E-state index in [1.54, 1.807) is 31.6 Å². The number of nitrogens with zero attached hydrogens (tertiary/aromatic N) is 6. The first-order chi connectivity index (χ1) is 28.8. The molecule has 0 spiro atoms. The zero-order chi connectivity index (χ0) is 45.3. The molecule has 5 N–H and O–H groups in total. The second kappa shape index (κ2) is 23.0. The molecule has 2 amide bonds. The molecule has 0 aliphatic heterocycles. The summed E-state index contributed by atoms with van der Waals surface area (Å²) in [5.74, 6) is 0.460. The van der Waals surface area contributed by atoms with E-state index in [2.05, 4.69) is 63.4 Å². The fourth-order valence-corrected chi connectivity index (χ4v) is 5.13. The third kappa shape index (κ3) is 17.1. The number of aromatic nitrogens is 6. The van der Waals surface area contributed by atoms with E-state index in [1.807, 2.05) is 105 Å². The number of nitrogen functional groups attached to an aromatic ring is 1. The molecule has 4 aromatic heterocycles. The van der Waals surface area contributed by atoms with Crippen LogP contribution in [0.2, 0.25) is 5.28 Å². The van der Waals surface area contributed by atoms with E-state index in [9.17, 15) is 9.59 Å². The second-order valence-corrected chi connectivity index (χ2v) is 15.6. The minimum absolute atomic E-state index is 0.218. The highest BCUT2D eigenvalue weighted by atomic mass is 35.5. The topological polar surface area (TPSA) is 218 Å². The standard InChI is InChI=1S/C21H25N5O3.C17H20ClN3O2.C4H6N2O.CH4S/c1-13-10-15(6-7-16(13)11-23-20(27)29-21(3,4)5)17-8-9-22-19(24-17)25-18-12-28-26-14(18)2;1-11-9-12(14-7-8-19-15(18)21-14)5-6-13(11)10-20-16(22)23-17(2,3)4;1-3-4(5)2-7-6-3;1-2/h6-10,12H,11H2,1-5H3,(H,23,27)(H,22,24,25);5-9H,10H2,1-4H3,(H,20,22);2H,5H2,1H3;2H,1H3. The molecule has 0 saturated carbocycles. The Hall–Kier alpha value is -6.20. The van der Waals surface area contributed by atoms with Crippen molar-refractivity contribution in [2.75, 3.05) is 17.3 Å². The highest BCUT2D eigenvalue weighted by Crippen LogP contribution is 2.24. The number of anilines is 3. The van der Waals surface area contributed by atoms with Gasteiger partial charge in [0.1, 0.15) is 40.8 Å². The lowest BCUT2D eigenvalue weighted by molar-refractivity contribution is 0.0512. The van der Waals surface area contributed by atoms with Gasteiger partial charge in [0.05, 0.1) is 17.1 Å². The van der Waals surface area contributed by atoms with Crippen LogP contribution in [0.4, 0.5) is 26.9 Å². The van der Waals surface area contributed by atoms with Gasteiger partial charge in [0.15, 0.2) is 0 Å². The monoisotopic (exact) mass is 874 g/mol. The first kappa shape index (κ1) is 49.2. The molecular formula is C43H55ClN10O6S. The van der Waals surface area contributed by atoms with Crippen molar-refractivity contribution >= 4 is 53.7 Å². The SMILES string of the molecule is CS.Cc1cc(-c2ccnc(Cl)n2)ccc1CNC(=O)OC(C)(C)C.Cc1cc(-c2ccnc(Nc3conc3C)n2)ccc1CNC(=O)OC(C)(C)C.Cc1nocc1N. The van der Waals surface area contributed by atoms with E-state index in [0.717, 1.165) is 61.8 Å². The number of thiol groups is 1. The fraction of sp³-hybridized carbons (Fsp3) is 0.349. The smallest absolute Gasteiger partial charge is 0.407 e. The third-order valence-corrected chi connectivity index (χ3v) is 8.17. The molecule has 18 heteroatoms. The van der Waals surface area contributed by atoms with Gasteiger partial charge in [-0.3, -0.25) is 0 Å². The molecule has 2 aromatic carbocycles. The number of halogens is 1. The van der Waals surface area contributed by atoms with Crippen molar-refractivity contribution in [2.45, 2.75) is 93.5 Å². The molecule has 61 heavy (non-hydrogen) atoms. The van der Waals surface area contributed by atoms with Crippen molar-refractivity contribution in [1.82, 2.24) is 40.9 Å². The number of hydrogen-bond acceptors (Lipinski definition) is 15. The van der Waals surface area contributed by atoms with Crippen molar-refractivity contribution in [1.29, 1.82) is 0 Å². The van der Waals surface area contributed by atoms with E-state index >= 15 is 0 Å². The molecule has 0 bridgehead atoms. The van der Waals surface area contributed by atoms with Crippen LogP contribution in [0.3, 0.4) is 0 Å². The highest BCUT2D eigenvalue weighted by Gasteiger charge is 2.17. The number of benzene rings is 2. The second-order valence-electron chi connectivity index (χ2n) is 15.3. The van der Waals surface area contributed by atoms with Gasteiger partial charge in [-0.1, -0.05) is 34.6 Å². The number of alkyl carbamates (subject to hydrolysis) is 2. The first-order valence-electron chi connectivity index (χ1n) is 19.0. The van der Waals surface area contributed by atoms with Crippen LogP contribution in [0.1, 0.15) is 75.2 Å². The summed E-state index contributed by atoms with van der Waals surface area (Å²) in [5, 5.41) is 16.2. The van der Waals surface area contributed by atoms with Crippen molar-refractivity contribution in [2.24, 2.45) is 0 Å². The number of carbonyl (C=O) groups is 2. The summed E-state index contributed by atoms with van der Waals surface area (Å²) in [4.78, 5) is 40.4. The van der Waals surface area contributed by atoms with Crippen LogP contribution in [0, 0.1) is 27.7 Å². The number of amides is 2. The first-order valence-corrected chi connectivity index (χ1v) is 20.3. The molecule has 0 atom stereocenters. The minimum atomic E-state index is -0.521. The Kier molecular flexibility index (Phi) is 18.5. The lowest BCUT2D eigenvalue weighted by Gasteiger charge is -2.20. The Bertz CT molecular complexity index is 2320. The van der Waals surface area contributed by atoms with Gasteiger partial charge in [-0.25, -0.2) is 29.5 Å². The summed E-state index contributed by atoms with van der Waals surface area (Å²) in [7, 11) is 0. The molecule has 6 aromatic rings. The van der Waals surface area contributed by atoms with Gasteiger partial charge in [0, 0.05) is 36.6 Å². The largest absolute Gasteiger partial charge is 0.444 e. The average Bonchev–Trinajstić information content (AvgIpc) is 3.78. The quantitative estimate of drug-likeness (QED) is 0.0710. The van der Waals surface area contributed by atoms with Gasteiger partial charge in [0.25, 0.3) is 0 Å². The van der Waals surface area contributed by atoms with Gasteiger partial charge in [-0.2, -0.15) is 12.6 Å². The van der Waals surface area contributed by atoms with Gasteiger partial charge < -0.3 is 40.2 Å². The number of hydrogen-bond donors (Lipinski definition) is 5. The maximum absolute atomic E-state index is 11.9. The number of aryl methyl sites for hydroxylation is 4. The molecule has 326 valence electrons. The molecule has 0 fully saturated rings. The Morgan fingerprint density at radius 3 is 1.57 bits per heavy atom. The maximum Gasteiger partial charge on any atom is 0.407 e. The number of nitrogens with one attached hydrogen (secondary N) is 3. The minimum Gasteiger partial charge on any atom is -0.444 e. The number of carbonyl (C=O) groups excluding carboxylic acids is 2. The van der Waals surface area contributed by atoms with E-state index in [1.165, 1.54) is 12.5 Å². The van der Waals surface area contributed by atoms with E-state index in [-0.39, 0.29) is 5.28 Å². The summed E-state index contributed by atoms with van der Waals surface area (Å²) < 4.78 is 19.9. The van der Waals surface area contributed by atoms with E-state index in [4.69, 9.17) is 31.3 Å². The van der Waals surface area contributed by atoms with Gasteiger partial charge in [0.2, 0.25) is 11.2 Å². The summed E-state index contributed by atoms with van der Waals surface area (Å²) in [5.41, 5.74) is 14.6. The Morgan fingerprint density at radius 2 is 1.18 bits per heavy atom. The number of ether oxygens (including phenoxy) is 2. The van der Waals surface area contributed by atoms with Crippen LogP contribution in [0.5, 0.6) is 0 Å². The molecule has 4 heterocycles. The van der Waals surface area contributed by atoms with Crippen molar-refractivity contribution < 1.29 is 28.1 Å². The molecule has 6 rings (SSSR count). The summed E-state index contributed by atoms with van der Waals surface area (Å²) in [6.45, 7) is 19.4. The molecule has 0 saturated heterocycles.